The molecule has 232 valence electrons. The van der Waals surface area contributed by atoms with Gasteiger partial charge in [-0.05, 0) is 130 Å². The van der Waals surface area contributed by atoms with E-state index in [9.17, 15) is 25.2 Å². The molecule has 9 nitrogen and oxygen atoms in total. The summed E-state index contributed by atoms with van der Waals surface area (Å²) in [6, 6.07) is -0.508. The molecule has 0 radical (unpaired) electrons. The van der Waals surface area contributed by atoms with Gasteiger partial charge >= 0.3 is 5.97 Å². The van der Waals surface area contributed by atoms with Crippen molar-refractivity contribution >= 4 is 12.4 Å². The molecular weight excluding hydrogens is 512 g/mol. The standard InChI is InChI=1S/C30H54N2O5.CH2O2/c1-18(7-6-14-32-24(28(36)37)8-4-5-13-31)21-9-10-22-27-23(17-26(35)30(21,22)3)29(2)12-11-20(33)15-19(29)16-25(27)34;2-1-3/h18-27,32-35H,4-17,31H2,1-3H3,(H,36,37);1H,(H,2,3)/t18-,19+,20-,21-,22+,23+,24?,25-,26+,27+,29+,30-;/m1./s1. The molecule has 4 aliphatic rings. The molecule has 9 heteroatoms. The molecule has 0 heterocycles. The van der Waals surface area contributed by atoms with E-state index >= 15 is 0 Å². The minimum atomic E-state index is -0.787. The zero-order valence-corrected chi connectivity index (χ0v) is 24.9. The average molecular weight is 569 g/mol. The van der Waals surface area contributed by atoms with Gasteiger partial charge in [-0.15, -0.1) is 0 Å². The highest BCUT2D eigenvalue weighted by Gasteiger charge is 2.65. The Kier molecular flexibility index (Phi) is 11.9. The fourth-order valence-electron chi connectivity index (χ4n) is 9.84. The maximum atomic E-state index is 11.7. The van der Waals surface area contributed by atoms with Crippen LogP contribution in [0.3, 0.4) is 0 Å². The van der Waals surface area contributed by atoms with Crippen molar-refractivity contribution < 1.29 is 35.1 Å². The molecule has 0 amide bonds. The van der Waals surface area contributed by atoms with Crippen LogP contribution >= 0.6 is 0 Å². The van der Waals surface area contributed by atoms with Crippen molar-refractivity contribution in [3.05, 3.63) is 0 Å². The Balaban J connectivity index is 0.00000141. The molecule has 0 saturated heterocycles. The number of hydrogen-bond acceptors (Lipinski definition) is 7. The van der Waals surface area contributed by atoms with Gasteiger partial charge in [0.1, 0.15) is 6.04 Å². The lowest BCUT2D eigenvalue weighted by molar-refractivity contribution is -0.207. The number of aliphatic carboxylic acids is 1. The van der Waals surface area contributed by atoms with Crippen LogP contribution in [-0.4, -0.2) is 75.4 Å². The third kappa shape index (κ3) is 6.69. The number of carboxylic acids is 1. The Labute approximate surface area is 240 Å². The predicted octanol–water partition coefficient (Wildman–Crippen LogP) is 3.24. The summed E-state index contributed by atoms with van der Waals surface area (Å²) in [4.78, 5) is 19.9. The van der Waals surface area contributed by atoms with Crippen molar-refractivity contribution in [1.82, 2.24) is 5.32 Å². The van der Waals surface area contributed by atoms with Crippen LogP contribution in [0.25, 0.3) is 0 Å². The second-order valence-corrected chi connectivity index (χ2v) is 13.9. The summed E-state index contributed by atoms with van der Waals surface area (Å²) < 4.78 is 0. The lowest BCUT2D eigenvalue weighted by Crippen LogP contribution is -2.62. The normalized spacial score (nSPS) is 41.9. The molecular formula is C31H56N2O7. The Bertz CT molecular complexity index is 830. The Hall–Kier alpha value is -1.26. The number of carbonyl (C=O) groups is 2. The van der Waals surface area contributed by atoms with Crippen LogP contribution in [0.5, 0.6) is 0 Å². The third-order valence-electron chi connectivity index (χ3n) is 12.0. The number of aliphatic hydroxyl groups is 3. The molecule has 4 saturated carbocycles. The Morgan fingerprint density at radius 1 is 1.02 bits per heavy atom. The fraction of sp³-hybridized carbons (Fsp3) is 0.935. The van der Waals surface area contributed by atoms with Crippen LogP contribution in [-0.2, 0) is 9.59 Å². The molecule has 0 bridgehead atoms. The van der Waals surface area contributed by atoms with Gasteiger partial charge in [0.15, 0.2) is 0 Å². The minimum absolute atomic E-state index is 0.103. The van der Waals surface area contributed by atoms with Gasteiger partial charge in [-0.2, -0.15) is 0 Å². The Morgan fingerprint density at radius 2 is 1.73 bits per heavy atom. The van der Waals surface area contributed by atoms with Gasteiger partial charge in [-0.25, -0.2) is 0 Å². The van der Waals surface area contributed by atoms with E-state index in [4.69, 9.17) is 15.6 Å². The molecule has 4 aliphatic carbocycles. The van der Waals surface area contributed by atoms with E-state index in [1.165, 1.54) is 0 Å². The maximum absolute atomic E-state index is 11.7. The van der Waals surface area contributed by atoms with Crippen LogP contribution in [0.1, 0.15) is 97.8 Å². The number of aliphatic hydroxyl groups excluding tert-OH is 3. The van der Waals surface area contributed by atoms with Crippen molar-refractivity contribution in [2.75, 3.05) is 13.1 Å². The second-order valence-electron chi connectivity index (χ2n) is 13.9. The van der Waals surface area contributed by atoms with E-state index in [2.05, 4.69) is 26.1 Å². The number of unbranched alkanes of at least 4 members (excludes halogenated alkanes) is 1. The van der Waals surface area contributed by atoms with Gasteiger partial charge in [0.05, 0.1) is 18.3 Å². The number of carboxylic acid groups (broad SMARTS) is 2. The molecule has 40 heavy (non-hydrogen) atoms. The van der Waals surface area contributed by atoms with E-state index < -0.39 is 12.0 Å². The molecule has 4 rings (SSSR count). The van der Waals surface area contributed by atoms with Crippen molar-refractivity contribution in [3.8, 4) is 0 Å². The van der Waals surface area contributed by atoms with E-state index in [1.54, 1.807) is 0 Å². The third-order valence-corrected chi connectivity index (χ3v) is 12.0. The van der Waals surface area contributed by atoms with Gasteiger partial charge in [0, 0.05) is 0 Å². The van der Waals surface area contributed by atoms with Crippen molar-refractivity contribution in [2.45, 2.75) is 122 Å². The van der Waals surface area contributed by atoms with Crippen molar-refractivity contribution in [3.63, 3.8) is 0 Å². The molecule has 0 aliphatic heterocycles. The van der Waals surface area contributed by atoms with Crippen LogP contribution in [0.4, 0.5) is 0 Å². The molecule has 0 spiro atoms. The number of rotatable bonds is 11. The molecule has 0 aromatic heterocycles. The van der Waals surface area contributed by atoms with E-state index in [-0.39, 0.29) is 41.5 Å². The van der Waals surface area contributed by atoms with E-state index in [1.807, 2.05) is 0 Å². The topological polar surface area (TPSA) is 173 Å². The highest BCUT2D eigenvalue weighted by molar-refractivity contribution is 5.73. The number of fused-ring (bicyclic) bond motifs is 5. The Morgan fingerprint density at radius 3 is 2.38 bits per heavy atom. The first kappa shape index (κ1) is 33.2. The van der Waals surface area contributed by atoms with Crippen LogP contribution in [0.2, 0.25) is 0 Å². The summed E-state index contributed by atoms with van der Waals surface area (Å²) in [5.74, 6) is 1.33. The van der Waals surface area contributed by atoms with Crippen LogP contribution in [0, 0.1) is 46.3 Å². The van der Waals surface area contributed by atoms with Gasteiger partial charge in [-0.1, -0.05) is 27.2 Å². The summed E-state index contributed by atoms with van der Waals surface area (Å²) in [5.41, 5.74) is 5.47. The lowest BCUT2D eigenvalue weighted by Gasteiger charge is -2.63. The van der Waals surface area contributed by atoms with Crippen LogP contribution in [0.15, 0.2) is 0 Å². The first-order valence-corrected chi connectivity index (χ1v) is 15.7. The molecule has 1 unspecified atom stereocenters. The summed E-state index contributed by atoms with van der Waals surface area (Å²) >= 11 is 0. The van der Waals surface area contributed by atoms with Gasteiger partial charge in [0.25, 0.3) is 6.47 Å². The summed E-state index contributed by atoms with van der Waals surface area (Å²) in [6.45, 7) is 8.02. The van der Waals surface area contributed by atoms with Crippen molar-refractivity contribution in [1.29, 1.82) is 0 Å². The van der Waals surface area contributed by atoms with E-state index in [0.717, 1.165) is 70.6 Å². The number of hydrogen-bond donors (Lipinski definition) is 7. The highest BCUT2D eigenvalue weighted by atomic mass is 16.4. The van der Waals surface area contributed by atoms with Gasteiger partial charge in [-0.3, -0.25) is 9.59 Å². The SMILES string of the molecule is C[C@H](CCCNC(CCCCN)C(=O)O)[C@H]1CC[C@H]2[C@@H]3[C@H](O)C[C@@H]4C[C@H](O)CC[C@]4(C)[C@H]3C[C@H](O)[C@]12C.O=CO. The van der Waals surface area contributed by atoms with Gasteiger partial charge < -0.3 is 36.6 Å². The average Bonchev–Trinajstić information content (AvgIpc) is 3.26. The molecule has 12 atom stereocenters. The number of nitrogens with one attached hydrogen (secondary N) is 1. The quantitative estimate of drug-likeness (QED) is 0.146. The zero-order chi connectivity index (χ0) is 29.7. The molecule has 0 aromatic rings. The molecule has 8 N–H and O–H groups in total. The van der Waals surface area contributed by atoms with Crippen LogP contribution < -0.4 is 11.1 Å². The summed E-state index contributed by atoms with van der Waals surface area (Å²) in [7, 11) is 0. The second kappa shape index (κ2) is 14.3. The maximum Gasteiger partial charge on any atom is 0.320 e. The first-order valence-electron chi connectivity index (χ1n) is 15.7. The first-order chi connectivity index (χ1) is 18.9. The summed E-state index contributed by atoms with van der Waals surface area (Å²) in [6.07, 6.45) is 9.64. The smallest absolute Gasteiger partial charge is 0.320 e. The van der Waals surface area contributed by atoms with Gasteiger partial charge in [0.2, 0.25) is 0 Å². The highest BCUT2D eigenvalue weighted by Crippen LogP contribution is 2.68. The van der Waals surface area contributed by atoms with Crippen molar-refractivity contribution in [2.24, 2.45) is 52.1 Å². The molecule has 4 fully saturated rings. The lowest BCUT2D eigenvalue weighted by atomic mass is 9.43. The number of nitrogens with two attached hydrogens (primary N) is 1. The fourth-order valence-corrected chi connectivity index (χ4v) is 9.84. The largest absolute Gasteiger partial charge is 0.483 e. The summed E-state index contributed by atoms with van der Waals surface area (Å²) in [5, 5.41) is 53.1. The monoisotopic (exact) mass is 568 g/mol. The van der Waals surface area contributed by atoms with E-state index in [0.29, 0.717) is 49.1 Å². The predicted molar refractivity (Wildman–Crippen MR) is 153 cm³/mol. The molecule has 0 aromatic carbocycles. The zero-order valence-electron chi connectivity index (χ0n) is 24.9. The minimum Gasteiger partial charge on any atom is -0.483 e.